The molecular formula is C18H26N2O6S. The summed E-state index contributed by atoms with van der Waals surface area (Å²) in [4.78, 5) is 21.9. The van der Waals surface area contributed by atoms with Crippen LogP contribution in [0.25, 0.3) is 0 Å². The number of hydrogen-bond acceptors (Lipinski definition) is 6. The Hall–Kier alpha value is -2.23. The topological polar surface area (TPSA) is 124 Å². The van der Waals surface area contributed by atoms with E-state index in [1.54, 1.807) is 24.3 Å². The number of hydrogen-bond donors (Lipinski definition) is 3. The molecule has 0 unspecified atom stereocenters. The van der Waals surface area contributed by atoms with Crippen LogP contribution in [-0.4, -0.2) is 73.9 Å². The summed E-state index contributed by atoms with van der Waals surface area (Å²) in [5.74, 6) is -2.35. The molecule has 8 nitrogen and oxygen atoms in total. The number of aliphatic carboxylic acids is 2. The van der Waals surface area contributed by atoms with Gasteiger partial charge in [-0.2, -0.15) is 0 Å². The van der Waals surface area contributed by atoms with Crippen LogP contribution in [0.15, 0.2) is 47.4 Å². The fraction of sp³-hybridized carbons (Fsp3) is 0.444. The Kier molecular flexibility index (Phi) is 10.3. The van der Waals surface area contributed by atoms with Crippen LogP contribution < -0.4 is 5.32 Å². The van der Waals surface area contributed by atoms with Gasteiger partial charge in [-0.1, -0.05) is 18.2 Å². The molecule has 0 spiro atoms. The van der Waals surface area contributed by atoms with Crippen molar-refractivity contribution >= 4 is 21.8 Å². The lowest BCUT2D eigenvalue weighted by Gasteiger charge is -2.14. The third-order valence-electron chi connectivity index (χ3n) is 3.82. The van der Waals surface area contributed by atoms with Gasteiger partial charge in [0.15, 0.2) is 9.84 Å². The summed E-state index contributed by atoms with van der Waals surface area (Å²) < 4.78 is 24.0. The van der Waals surface area contributed by atoms with E-state index in [2.05, 4.69) is 10.2 Å². The van der Waals surface area contributed by atoms with Crippen LogP contribution in [-0.2, 0) is 19.4 Å². The van der Waals surface area contributed by atoms with Crippen molar-refractivity contribution in [1.82, 2.24) is 10.2 Å². The van der Waals surface area contributed by atoms with Gasteiger partial charge < -0.3 is 20.4 Å². The second kappa shape index (κ2) is 12.2. The molecule has 0 bridgehead atoms. The van der Waals surface area contributed by atoms with Gasteiger partial charge in [-0.25, -0.2) is 18.0 Å². The van der Waals surface area contributed by atoms with E-state index < -0.39 is 21.8 Å². The average Bonchev–Trinajstić information content (AvgIpc) is 3.14. The number of sulfone groups is 1. The van der Waals surface area contributed by atoms with E-state index in [1.807, 2.05) is 6.07 Å². The highest BCUT2D eigenvalue weighted by Gasteiger charge is 2.13. The molecule has 1 aromatic rings. The summed E-state index contributed by atoms with van der Waals surface area (Å²) in [6.07, 6.45) is 3.70. The molecule has 0 radical (unpaired) electrons. The van der Waals surface area contributed by atoms with Crippen LogP contribution in [0.2, 0.25) is 0 Å². The summed E-state index contributed by atoms with van der Waals surface area (Å²) in [5, 5.41) is 18.8. The maximum absolute atomic E-state index is 12.0. The molecule has 150 valence electrons. The van der Waals surface area contributed by atoms with Crippen molar-refractivity contribution in [2.75, 3.05) is 38.5 Å². The van der Waals surface area contributed by atoms with Gasteiger partial charge in [0.1, 0.15) is 0 Å². The number of nitrogens with one attached hydrogen (secondary N) is 1. The molecule has 1 heterocycles. The summed E-state index contributed by atoms with van der Waals surface area (Å²) in [7, 11) is -3.14. The fourth-order valence-electron chi connectivity index (χ4n) is 2.46. The molecule has 1 aromatic carbocycles. The Morgan fingerprint density at radius 1 is 1.00 bits per heavy atom. The van der Waals surface area contributed by atoms with Gasteiger partial charge in [-0.3, -0.25) is 0 Å². The molecule has 2 rings (SSSR count). The first-order valence-electron chi connectivity index (χ1n) is 8.66. The Morgan fingerprint density at radius 2 is 1.56 bits per heavy atom. The predicted octanol–water partition coefficient (Wildman–Crippen LogP) is 0.858. The van der Waals surface area contributed by atoms with E-state index in [4.69, 9.17) is 10.2 Å². The van der Waals surface area contributed by atoms with Crippen molar-refractivity contribution in [1.29, 1.82) is 0 Å². The minimum Gasteiger partial charge on any atom is -0.478 e. The molecule has 3 N–H and O–H groups in total. The molecule has 1 saturated heterocycles. The van der Waals surface area contributed by atoms with Gasteiger partial charge in [-0.15, -0.1) is 0 Å². The molecular weight excluding hydrogens is 372 g/mol. The predicted molar refractivity (Wildman–Crippen MR) is 101 cm³/mol. The van der Waals surface area contributed by atoms with Gasteiger partial charge in [0.25, 0.3) is 0 Å². The number of carboxylic acids is 2. The van der Waals surface area contributed by atoms with E-state index in [1.165, 1.54) is 25.9 Å². The molecule has 0 aliphatic carbocycles. The number of carboxylic acid groups (broad SMARTS) is 2. The van der Waals surface area contributed by atoms with Crippen LogP contribution in [0.5, 0.6) is 0 Å². The van der Waals surface area contributed by atoms with E-state index >= 15 is 0 Å². The van der Waals surface area contributed by atoms with E-state index in [0.717, 1.165) is 13.1 Å². The zero-order chi connectivity index (χ0) is 20.1. The quantitative estimate of drug-likeness (QED) is 0.413. The van der Waals surface area contributed by atoms with E-state index in [0.29, 0.717) is 23.6 Å². The second-order valence-corrected chi connectivity index (χ2v) is 8.05. The molecule has 9 heteroatoms. The fourth-order valence-corrected chi connectivity index (χ4v) is 3.68. The van der Waals surface area contributed by atoms with Crippen LogP contribution in [0, 0.1) is 0 Å². The maximum Gasteiger partial charge on any atom is 0.328 e. The lowest BCUT2D eigenvalue weighted by molar-refractivity contribution is -0.134. The van der Waals surface area contributed by atoms with Gasteiger partial charge in [-0.05, 0) is 38.1 Å². The first-order valence-corrected chi connectivity index (χ1v) is 10.3. The SMILES string of the molecule is O=C(O)/C=C\C(=O)O.O=S(=O)(CCNCCN1CCCC1)c1ccccc1. The summed E-state index contributed by atoms with van der Waals surface area (Å²) in [5.41, 5.74) is 0. The normalized spacial score (nSPS) is 14.7. The summed E-state index contributed by atoms with van der Waals surface area (Å²) >= 11 is 0. The third-order valence-corrected chi connectivity index (χ3v) is 5.55. The number of nitrogens with zero attached hydrogens (tertiary/aromatic N) is 1. The average molecular weight is 398 g/mol. The smallest absolute Gasteiger partial charge is 0.328 e. The highest BCUT2D eigenvalue weighted by Crippen LogP contribution is 2.09. The molecule has 0 amide bonds. The van der Waals surface area contributed by atoms with Crippen LogP contribution >= 0.6 is 0 Å². The first kappa shape index (κ1) is 22.8. The minimum atomic E-state index is -3.14. The standard InChI is InChI=1S/C14H22N2O2S.C4H4O4/c17-19(18,14-6-2-1-3-7-14)13-9-15-8-12-16-10-4-5-11-16;5-3(6)1-2-4(7)8/h1-3,6-7,15H,4-5,8-13H2;1-2H,(H,5,6)(H,7,8)/b;2-1-. The van der Waals surface area contributed by atoms with Crippen molar-refractivity contribution in [3.8, 4) is 0 Å². The molecule has 1 aliphatic heterocycles. The summed E-state index contributed by atoms with van der Waals surface area (Å²) in [6.45, 7) is 4.77. The highest BCUT2D eigenvalue weighted by atomic mass is 32.2. The lowest BCUT2D eigenvalue weighted by Crippen LogP contribution is -2.32. The van der Waals surface area contributed by atoms with Crippen molar-refractivity contribution in [2.45, 2.75) is 17.7 Å². The van der Waals surface area contributed by atoms with Crippen molar-refractivity contribution in [3.63, 3.8) is 0 Å². The number of likely N-dealkylation sites (tertiary alicyclic amines) is 1. The summed E-state index contributed by atoms with van der Waals surface area (Å²) in [6, 6.07) is 8.65. The zero-order valence-corrected chi connectivity index (χ0v) is 15.9. The van der Waals surface area contributed by atoms with Gasteiger partial charge >= 0.3 is 11.9 Å². The van der Waals surface area contributed by atoms with E-state index in [-0.39, 0.29) is 5.75 Å². The van der Waals surface area contributed by atoms with E-state index in [9.17, 15) is 18.0 Å². The van der Waals surface area contributed by atoms with Crippen molar-refractivity contribution in [3.05, 3.63) is 42.5 Å². The van der Waals surface area contributed by atoms with Crippen LogP contribution in [0.1, 0.15) is 12.8 Å². The number of carbonyl (C=O) groups is 2. The molecule has 0 saturated carbocycles. The minimum absolute atomic E-state index is 0.164. The molecule has 0 aromatic heterocycles. The van der Waals surface area contributed by atoms with Crippen molar-refractivity contribution in [2.24, 2.45) is 0 Å². The maximum atomic E-state index is 12.0. The Bertz CT molecular complexity index is 697. The number of rotatable bonds is 9. The van der Waals surface area contributed by atoms with Gasteiger partial charge in [0.05, 0.1) is 10.6 Å². The number of benzene rings is 1. The molecule has 1 aliphatic rings. The Balaban J connectivity index is 0.000000387. The largest absolute Gasteiger partial charge is 0.478 e. The second-order valence-electron chi connectivity index (χ2n) is 5.94. The zero-order valence-electron chi connectivity index (χ0n) is 15.1. The van der Waals surface area contributed by atoms with Crippen LogP contribution in [0.3, 0.4) is 0 Å². The monoisotopic (exact) mass is 398 g/mol. The first-order chi connectivity index (χ1) is 12.8. The Morgan fingerprint density at radius 3 is 2.07 bits per heavy atom. The highest BCUT2D eigenvalue weighted by molar-refractivity contribution is 7.91. The Labute approximate surface area is 159 Å². The van der Waals surface area contributed by atoms with Crippen molar-refractivity contribution < 1.29 is 28.2 Å². The van der Waals surface area contributed by atoms with Crippen LogP contribution in [0.4, 0.5) is 0 Å². The lowest BCUT2D eigenvalue weighted by atomic mass is 10.4. The molecule has 27 heavy (non-hydrogen) atoms. The molecule has 0 atom stereocenters. The molecule has 1 fully saturated rings. The third kappa shape index (κ3) is 10.5. The van der Waals surface area contributed by atoms with Gasteiger partial charge in [0.2, 0.25) is 0 Å². The van der Waals surface area contributed by atoms with Gasteiger partial charge in [0, 0.05) is 31.8 Å².